The highest BCUT2D eigenvalue weighted by atomic mass is 35.5. The van der Waals surface area contributed by atoms with Crippen molar-refractivity contribution in [1.82, 2.24) is 9.97 Å². The maximum Gasteiger partial charge on any atom is 0.224 e. The number of aromatic nitrogens is 2. The van der Waals surface area contributed by atoms with Crippen LogP contribution < -0.4 is 4.90 Å². The largest absolute Gasteiger partial charge is 0.352 e. The zero-order chi connectivity index (χ0) is 14.0. The van der Waals surface area contributed by atoms with Gasteiger partial charge in [-0.3, -0.25) is 0 Å². The first-order valence-corrected chi connectivity index (χ1v) is 6.78. The molecular formula is C13H12Cl3N3. The van der Waals surface area contributed by atoms with Crippen LogP contribution in [0, 0.1) is 0 Å². The third-order valence-electron chi connectivity index (χ3n) is 2.96. The molecule has 0 N–H and O–H groups in total. The summed E-state index contributed by atoms with van der Waals surface area (Å²) in [7, 11) is 1.91. The summed E-state index contributed by atoms with van der Waals surface area (Å²) in [5.74, 6) is 0.601. The quantitative estimate of drug-likeness (QED) is 0.773. The van der Waals surface area contributed by atoms with Gasteiger partial charge in [-0.2, -0.15) is 4.98 Å². The molecule has 0 spiro atoms. The summed E-state index contributed by atoms with van der Waals surface area (Å²) in [6.07, 6.45) is 1.50. The third kappa shape index (κ3) is 3.30. The van der Waals surface area contributed by atoms with Crippen molar-refractivity contribution in [3.05, 3.63) is 51.4 Å². The van der Waals surface area contributed by atoms with Crippen LogP contribution in [0.25, 0.3) is 0 Å². The van der Waals surface area contributed by atoms with E-state index in [1.807, 2.05) is 36.2 Å². The molecule has 0 aliphatic rings. The average molecular weight is 317 g/mol. The maximum atomic E-state index is 6.10. The molecule has 6 heteroatoms. The molecule has 0 aliphatic heterocycles. The SMILES string of the molecule is CC(c1ccc(Cl)cc1)N(C)c1nc(Cl)ncc1Cl. The van der Waals surface area contributed by atoms with E-state index in [2.05, 4.69) is 16.9 Å². The molecule has 0 saturated heterocycles. The van der Waals surface area contributed by atoms with Crippen molar-refractivity contribution in [3.8, 4) is 0 Å². The van der Waals surface area contributed by atoms with Gasteiger partial charge in [-0.25, -0.2) is 4.98 Å². The van der Waals surface area contributed by atoms with Gasteiger partial charge in [0, 0.05) is 12.1 Å². The Balaban J connectivity index is 2.30. The van der Waals surface area contributed by atoms with Crippen molar-refractivity contribution in [2.75, 3.05) is 11.9 Å². The lowest BCUT2D eigenvalue weighted by atomic mass is 10.1. The standard InChI is InChI=1S/C13H12Cl3N3/c1-8(9-3-5-10(14)6-4-9)19(2)12-11(15)7-17-13(16)18-12/h3-8H,1-2H3. The van der Waals surface area contributed by atoms with E-state index in [-0.39, 0.29) is 11.3 Å². The Morgan fingerprint density at radius 2 is 1.74 bits per heavy atom. The molecule has 2 rings (SSSR count). The Labute approximate surface area is 127 Å². The van der Waals surface area contributed by atoms with E-state index in [9.17, 15) is 0 Å². The fourth-order valence-corrected chi connectivity index (χ4v) is 2.21. The summed E-state index contributed by atoms with van der Waals surface area (Å²) >= 11 is 17.8. The van der Waals surface area contributed by atoms with Gasteiger partial charge in [0.1, 0.15) is 5.02 Å². The van der Waals surface area contributed by atoms with Gasteiger partial charge in [0.2, 0.25) is 5.28 Å². The molecule has 1 unspecified atom stereocenters. The molecule has 19 heavy (non-hydrogen) atoms. The lowest BCUT2D eigenvalue weighted by Gasteiger charge is -2.27. The molecular weight excluding hydrogens is 305 g/mol. The monoisotopic (exact) mass is 315 g/mol. The average Bonchev–Trinajstić information content (AvgIpc) is 2.41. The third-order valence-corrected chi connectivity index (χ3v) is 3.66. The van der Waals surface area contributed by atoms with E-state index < -0.39 is 0 Å². The predicted octanol–water partition coefficient (Wildman–Crippen LogP) is 4.63. The van der Waals surface area contributed by atoms with Gasteiger partial charge in [0.15, 0.2) is 5.82 Å². The number of halogens is 3. The summed E-state index contributed by atoms with van der Waals surface area (Å²) in [5.41, 5.74) is 1.11. The molecule has 0 amide bonds. The number of benzene rings is 1. The van der Waals surface area contributed by atoms with Crippen LogP contribution in [0.4, 0.5) is 5.82 Å². The van der Waals surface area contributed by atoms with Crippen LogP contribution in [0.3, 0.4) is 0 Å². The Hall–Kier alpha value is -1.03. The molecule has 0 fully saturated rings. The number of hydrogen-bond donors (Lipinski definition) is 0. The molecule has 0 bridgehead atoms. The van der Waals surface area contributed by atoms with Crippen LogP contribution >= 0.6 is 34.8 Å². The van der Waals surface area contributed by atoms with Crippen molar-refractivity contribution in [1.29, 1.82) is 0 Å². The van der Waals surface area contributed by atoms with Gasteiger partial charge >= 0.3 is 0 Å². The number of anilines is 1. The molecule has 0 radical (unpaired) electrons. The van der Waals surface area contributed by atoms with E-state index >= 15 is 0 Å². The smallest absolute Gasteiger partial charge is 0.224 e. The van der Waals surface area contributed by atoms with Crippen LogP contribution in [0.5, 0.6) is 0 Å². The van der Waals surface area contributed by atoms with E-state index in [1.54, 1.807) is 0 Å². The normalized spacial score (nSPS) is 12.3. The minimum absolute atomic E-state index is 0.0840. The first-order valence-electron chi connectivity index (χ1n) is 5.65. The number of hydrogen-bond acceptors (Lipinski definition) is 3. The van der Waals surface area contributed by atoms with Crippen LogP contribution in [0.1, 0.15) is 18.5 Å². The zero-order valence-electron chi connectivity index (χ0n) is 10.4. The predicted molar refractivity (Wildman–Crippen MR) is 80.3 cm³/mol. The van der Waals surface area contributed by atoms with Gasteiger partial charge in [0.05, 0.1) is 12.2 Å². The highest BCUT2D eigenvalue weighted by Crippen LogP contribution is 2.30. The zero-order valence-corrected chi connectivity index (χ0v) is 12.7. The van der Waals surface area contributed by atoms with Gasteiger partial charge in [0.25, 0.3) is 0 Å². The number of rotatable bonds is 3. The van der Waals surface area contributed by atoms with Gasteiger partial charge in [-0.05, 0) is 36.2 Å². The highest BCUT2D eigenvalue weighted by molar-refractivity contribution is 6.33. The van der Waals surface area contributed by atoms with Crippen LogP contribution in [0.15, 0.2) is 30.5 Å². The first-order chi connectivity index (χ1) is 8.99. The van der Waals surface area contributed by atoms with Crippen molar-refractivity contribution in [3.63, 3.8) is 0 Å². The van der Waals surface area contributed by atoms with Crippen LogP contribution in [-0.2, 0) is 0 Å². The Morgan fingerprint density at radius 3 is 2.37 bits per heavy atom. The molecule has 3 nitrogen and oxygen atoms in total. The fraction of sp³-hybridized carbons (Fsp3) is 0.231. The summed E-state index contributed by atoms with van der Waals surface area (Å²) in [6.45, 7) is 2.05. The topological polar surface area (TPSA) is 29.0 Å². The summed E-state index contributed by atoms with van der Waals surface area (Å²) in [6, 6.07) is 7.74. The van der Waals surface area contributed by atoms with Gasteiger partial charge in [-0.1, -0.05) is 35.3 Å². The van der Waals surface area contributed by atoms with E-state index in [0.29, 0.717) is 15.9 Å². The van der Waals surface area contributed by atoms with Crippen LogP contribution in [0.2, 0.25) is 15.3 Å². The molecule has 1 aromatic carbocycles. The lowest BCUT2D eigenvalue weighted by molar-refractivity contribution is 0.727. The van der Waals surface area contributed by atoms with E-state index in [1.165, 1.54) is 6.20 Å². The highest BCUT2D eigenvalue weighted by Gasteiger charge is 2.17. The van der Waals surface area contributed by atoms with Crippen molar-refractivity contribution in [2.24, 2.45) is 0 Å². The minimum atomic E-state index is 0.0840. The minimum Gasteiger partial charge on any atom is -0.352 e. The van der Waals surface area contributed by atoms with Gasteiger partial charge in [-0.15, -0.1) is 0 Å². The van der Waals surface area contributed by atoms with E-state index in [0.717, 1.165) is 5.56 Å². The number of nitrogens with zero attached hydrogens (tertiary/aromatic N) is 3. The summed E-state index contributed by atoms with van der Waals surface area (Å²) in [4.78, 5) is 9.95. The molecule has 0 aliphatic carbocycles. The Morgan fingerprint density at radius 1 is 1.11 bits per heavy atom. The second-order valence-corrected chi connectivity index (χ2v) is 5.33. The first kappa shape index (κ1) is 14.4. The Kier molecular flexibility index (Phi) is 4.50. The second kappa shape index (κ2) is 5.95. The van der Waals surface area contributed by atoms with E-state index in [4.69, 9.17) is 34.8 Å². The van der Waals surface area contributed by atoms with Crippen molar-refractivity contribution >= 4 is 40.6 Å². The summed E-state index contributed by atoms with van der Waals surface area (Å²) in [5, 5.41) is 1.35. The van der Waals surface area contributed by atoms with Crippen LogP contribution in [-0.4, -0.2) is 17.0 Å². The molecule has 100 valence electrons. The van der Waals surface area contributed by atoms with Crippen molar-refractivity contribution < 1.29 is 0 Å². The van der Waals surface area contributed by atoms with Crippen molar-refractivity contribution in [2.45, 2.75) is 13.0 Å². The lowest BCUT2D eigenvalue weighted by Crippen LogP contribution is -2.23. The molecule has 0 saturated carbocycles. The molecule has 1 heterocycles. The Bertz CT molecular complexity index is 572. The maximum absolute atomic E-state index is 6.10. The second-order valence-electron chi connectivity index (χ2n) is 4.15. The van der Waals surface area contributed by atoms with Gasteiger partial charge < -0.3 is 4.90 Å². The summed E-state index contributed by atoms with van der Waals surface area (Å²) < 4.78 is 0. The fourth-order valence-electron chi connectivity index (χ4n) is 1.73. The molecule has 1 atom stereocenters. The molecule has 2 aromatic rings. The molecule has 1 aromatic heterocycles.